The second kappa shape index (κ2) is 10.4. The van der Waals surface area contributed by atoms with Crippen molar-refractivity contribution in [3.8, 4) is 11.5 Å². The first-order chi connectivity index (χ1) is 15.4. The molecule has 0 aromatic heterocycles. The molecule has 2 aromatic carbocycles. The van der Waals surface area contributed by atoms with Gasteiger partial charge in [-0.2, -0.15) is 0 Å². The van der Waals surface area contributed by atoms with Gasteiger partial charge in [0.05, 0.1) is 25.3 Å². The lowest BCUT2D eigenvalue weighted by Gasteiger charge is -2.25. The molecule has 3 rings (SSSR count). The van der Waals surface area contributed by atoms with Crippen molar-refractivity contribution in [3.05, 3.63) is 64.7 Å². The number of carbonyl (C=O) groups excluding carboxylic acids is 2. The number of aliphatic hydroxyl groups excluding tert-OH is 1. The standard InChI is InChI=1S/C26H31NO5/c1-5-7-14-27-23(18-8-11-20(31-4)12-9-18)22(25(29)26(27)30)24(28)19-10-13-21(17(3)16-19)32-15-6-2/h8-13,16,23,28H,5-7,14-15H2,1-4H3/b24-22-. The molecule has 6 heteroatoms. The van der Waals surface area contributed by atoms with E-state index < -0.39 is 17.7 Å². The van der Waals surface area contributed by atoms with Crippen LogP contribution in [0, 0.1) is 6.92 Å². The maximum absolute atomic E-state index is 13.0. The number of Topliss-reactive ketones (excluding diaryl/α,β-unsaturated/α-hetero) is 1. The average Bonchev–Trinajstić information content (AvgIpc) is 3.06. The van der Waals surface area contributed by atoms with Gasteiger partial charge in [0.25, 0.3) is 11.7 Å². The average molecular weight is 438 g/mol. The van der Waals surface area contributed by atoms with Gasteiger partial charge in [0.2, 0.25) is 0 Å². The van der Waals surface area contributed by atoms with E-state index in [9.17, 15) is 14.7 Å². The van der Waals surface area contributed by atoms with Crippen LogP contribution in [0.5, 0.6) is 11.5 Å². The van der Waals surface area contributed by atoms with E-state index in [2.05, 4.69) is 0 Å². The van der Waals surface area contributed by atoms with Crippen molar-refractivity contribution in [1.29, 1.82) is 0 Å². The number of rotatable bonds is 9. The van der Waals surface area contributed by atoms with Crippen LogP contribution in [0.2, 0.25) is 0 Å². The number of nitrogens with zero attached hydrogens (tertiary/aromatic N) is 1. The highest BCUT2D eigenvalue weighted by atomic mass is 16.5. The first kappa shape index (κ1) is 23.4. The lowest BCUT2D eigenvalue weighted by molar-refractivity contribution is -0.139. The summed E-state index contributed by atoms with van der Waals surface area (Å²) in [5.74, 6) is -0.00631. The topological polar surface area (TPSA) is 76.1 Å². The molecular formula is C26H31NO5. The predicted molar refractivity (Wildman–Crippen MR) is 124 cm³/mol. The zero-order chi connectivity index (χ0) is 23.3. The van der Waals surface area contributed by atoms with E-state index in [4.69, 9.17) is 9.47 Å². The number of hydrogen-bond acceptors (Lipinski definition) is 5. The number of hydrogen-bond donors (Lipinski definition) is 1. The number of likely N-dealkylation sites (tertiary alicyclic amines) is 1. The molecule has 1 N–H and O–H groups in total. The lowest BCUT2D eigenvalue weighted by atomic mass is 9.94. The molecule has 1 aliphatic heterocycles. The van der Waals surface area contributed by atoms with Crippen LogP contribution in [0.4, 0.5) is 0 Å². The lowest BCUT2D eigenvalue weighted by Crippen LogP contribution is -2.30. The van der Waals surface area contributed by atoms with E-state index >= 15 is 0 Å². The maximum Gasteiger partial charge on any atom is 0.295 e. The van der Waals surface area contributed by atoms with Crippen molar-refractivity contribution in [2.75, 3.05) is 20.3 Å². The molecule has 0 radical (unpaired) electrons. The Labute approximate surface area is 189 Å². The van der Waals surface area contributed by atoms with Gasteiger partial charge in [-0.15, -0.1) is 0 Å². The maximum atomic E-state index is 13.0. The fourth-order valence-electron chi connectivity index (χ4n) is 3.90. The van der Waals surface area contributed by atoms with Crippen LogP contribution in [0.3, 0.4) is 0 Å². The largest absolute Gasteiger partial charge is 0.507 e. The Morgan fingerprint density at radius 1 is 1.06 bits per heavy atom. The van der Waals surface area contributed by atoms with Gasteiger partial charge in [-0.1, -0.05) is 32.4 Å². The smallest absolute Gasteiger partial charge is 0.295 e. The normalized spacial score (nSPS) is 17.6. The van der Waals surface area contributed by atoms with E-state index in [0.29, 0.717) is 24.5 Å². The van der Waals surface area contributed by atoms with Crippen LogP contribution >= 0.6 is 0 Å². The van der Waals surface area contributed by atoms with E-state index in [1.54, 1.807) is 42.3 Å². The van der Waals surface area contributed by atoms with Crippen molar-refractivity contribution < 1.29 is 24.2 Å². The molecule has 0 saturated carbocycles. The molecule has 0 aliphatic carbocycles. The van der Waals surface area contributed by atoms with Gasteiger partial charge < -0.3 is 19.5 Å². The monoisotopic (exact) mass is 437 g/mol. The van der Waals surface area contributed by atoms with E-state index in [0.717, 1.165) is 36.1 Å². The first-order valence-electron chi connectivity index (χ1n) is 11.1. The summed E-state index contributed by atoms with van der Waals surface area (Å²) in [5, 5.41) is 11.2. The molecule has 1 saturated heterocycles. The third-order valence-corrected chi connectivity index (χ3v) is 5.63. The van der Waals surface area contributed by atoms with Crippen molar-refractivity contribution in [1.82, 2.24) is 4.90 Å². The van der Waals surface area contributed by atoms with Gasteiger partial charge in [-0.3, -0.25) is 9.59 Å². The third kappa shape index (κ3) is 4.64. The quantitative estimate of drug-likeness (QED) is 0.339. The summed E-state index contributed by atoms with van der Waals surface area (Å²) in [6, 6.07) is 11.9. The number of ether oxygens (including phenoxy) is 2. The van der Waals surface area contributed by atoms with Crippen molar-refractivity contribution >= 4 is 17.4 Å². The number of carbonyl (C=O) groups is 2. The fraction of sp³-hybridized carbons (Fsp3) is 0.385. The highest BCUT2D eigenvalue weighted by Gasteiger charge is 2.45. The molecule has 1 unspecified atom stereocenters. The Balaban J connectivity index is 2.09. The van der Waals surface area contributed by atoms with Crippen LogP contribution in [-0.2, 0) is 9.59 Å². The molecule has 6 nitrogen and oxygen atoms in total. The minimum absolute atomic E-state index is 0.109. The Hall–Kier alpha value is -3.28. The zero-order valence-electron chi connectivity index (χ0n) is 19.2. The van der Waals surface area contributed by atoms with Crippen molar-refractivity contribution in [2.45, 2.75) is 46.1 Å². The van der Waals surface area contributed by atoms with Gasteiger partial charge in [0.15, 0.2) is 0 Å². The summed E-state index contributed by atoms with van der Waals surface area (Å²) in [6.07, 6.45) is 2.54. The molecular weight excluding hydrogens is 406 g/mol. The van der Waals surface area contributed by atoms with Gasteiger partial charge in [0, 0.05) is 12.1 Å². The van der Waals surface area contributed by atoms with Gasteiger partial charge in [-0.05, 0) is 61.2 Å². The molecule has 0 bridgehead atoms. The minimum Gasteiger partial charge on any atom is -0.507 e. The molecule has 1 fully saturated rings. The fourth-order valence-corrected chi connectivity index (χ4v) is 3.90. The van der Waals surface area contributed by atoms with Gasteiger partial charge in [0.1, 0.15) is 17.3 Å². The van der Waals surface area contributed by atoms with E-state index in [-0.39, 0.29) is 11.3 Å². The minimum atomic E-state index is -0.664. The molecule has 1 heterocycles. The highest BCUT2D eigenvalue weighted by Crippen LogP contribution is 2.40. The number of unbranched alkanes of at least 4 members (excludes halogenated alkanes) is 1. The van der Waals surface area contributed by atoms with Crippen molar-refractivity contribution in [2.24, 2.45) is 0 Å². The SMILES string of the molecule is CCCCN1C(=O)C(=O)/C(=C(\O)c2ccc(OCCC)c(C)c2)C1c1ccc(OC)cc1. The zero-order valence-corrected chi connectivity index (χ0v) is 19.2. The summed E-state index contributed by atoms with van der Waals surface area (Å²) in [7, 11) is 1.58. The summed E-state index contributed by atoms with van der Waals surface area (Å²) < 4.78 is 11.0. The Bertz CT molecular complexity index is 1010. The predicted octanol–water partition coefficient (Wildman–Crippen LogP) is 5.01. The summed E-state index contributed by atoms with van der Waals surface area (Å²) >= 11 is 0. The molecule has 170 valence electrons. The highest BCUT2D eigenvalue weighted by molar-refractivity contribution is 6.46. The number of amides is 1. The van der Waals surface area contributed by atoms with Crippen LogP contribution < -0.4 is 9.47 Å². The number of methoxy groups -OCH3 is 1. The van der Waals surface area contributed by atoms with E-state index in [1.807, 2.05) is 32.9 Å². The molecule has 0 spiro atoms. The molecule has 1 atom stereocenters. The number of aryl methyl sites for hydroxylation is 1. The summed E-state index contributed by atoms with van der Waals surface area (Å²) in [5.41, 5.74) is 2.20. The number of aliphatic hydroxyl groups is 1. The van der Waals surface area contributed by atoms with Crippen LogP contribution in [0.25, 0.3) is 5.76 Å². The molecule has 2 aromatic rings. The molecule has 1 amide bonds. The Kier molecular flexibility index (Phi) is 7.57. The number of benzene rings is 2. The molecule has 1 aliphatic rings. The second-order valence-corrected chi connectivity index (χ2v) is 7.95. The molecule has 32 heavy (non-hydrogen) atoms. The Morgan fingerprint density at radius 3 is 2.38 bits per heavy atom. The summed E-state index contributed by atoms with van der Waals surface area (Å²) in [4.78, 5) is 27.5. The van der Waals surface area contributed by atoms with Crippen molar-refractivity contribution in [3.63, 3.8) is 0 Å². The summed E-state index contributed by atoms with van der Waals surface area (Å²) in [6.45, 7) is 7.00. The van der Waals surface area contributed by atoms with Crippen LogP contribution in [0.1, 0.15) is 55.8 Å². The van der Waals surface area contributed by atoms with Crippen LogP contribution in [0.15, 0.2) is 48.0 Å². The third-order valence-electron chi connectivity index (χ3n) is 5.63. The second-order valence-electron chi connectivity index (χ2n) is 7.95. The van der Waals surface area contributed by atoms with Crippen LogP contribution in [-0.4, -0.2) is 42.0 Å². The van der Waals surface area contributed by atoms with Gasteiger partial charge in [-0.25, -0.2) is 0 Å². The number of ketones is 1. The van der Waals surface area contributed by atoms with E-state index in [1.165, 1.54) is 0 Å². The Morgan fingerprint density at radius 2 is 1.78 bits per heavy atom. The van der Waals surface area contributed by atoms with Gasteiger partial charge >= 0.3 is 0 Å². The first-order valence-corrected chi connectivity index (χ1v) is 11.1.